The van der Waals surface area contributed by atoms with Gasteiger partial charge in [0.05, 0.1) is 17.9 Å². The van der Waals surface area contributed by atoms with Crippen LogP contribution in [0.15, 0.2) is 35.3 Å². The van der Waals surface area contributed by atoms with Crippen molar-refractivity contribution in [3.05, 3.63) is 86.7 Å². The molecule has 3 aromatic rings. The lowest BCUT2D eigenvalue weighted by Crippen LogP contribution is -2.38. The number of aromatic nitrogens is 3. The Balaban J connectivity index is 1.75. The number of aromatic hydroxyl groups is 1. The van der Waals surface area contributed by atoms with E-state index in [1.807, 2.05) is 6.92 Å². The van der Waals surface area contributed by atoms with Crippen molar-refractivity contribution in [2.24, 2.45) is 0 Å². The second-order valence-electron chi connectivity index (χ2n) is 9.39. The number of carbonyl (C=O) groups excluding carboxylic acids is 1. The van der Waals surface area contributed by atoms with Gasteiger partial charge in [-0.25, -0.2) is 17.6 Å². The molecule has 1 amide bonds. The highest BCUT2D eigenvalue weighted by Gasteiger charge is 2.35. The number of pyridine rings is 1. The minimum atomic E-state index is -0.844. The fraction of sp³-hybridized carbons (Fsp3) is 0.407. The lowest BCUT2D eigenvalue weighted by Gasteiger charge is -2.24. The zero-order valence-electron chi connectivity index (χ0n) is 21.1. The molecular formula is C27H28F4N4O3. The predicted molar refractivity (Wildman–Crippen MR) is 131 cm³/mol. The fourth-order valence-electron chi connectivity index (χ4n) is 4.97. The molecule has 11 heteroatoms. The minimum Gasteiger partial charge on any atom is -0.493 e. The summed E-state index contributed by atoms with van der Waals surface area (Å²) < 4.78 is 56.9. The fourth-order valence-corrected chi connectivity index (χ4v) is 4.97. The molecule has 1 saturated heterocycles. The minimum absolute atomic E-state index is 0.00281. The molecule has 2 atom stereocenters. The second kappa shape index (κ2) is 11.3. The molecule has 4 rings (SSSR count). The van der Waals surface area contributed by atoms with Crippen LogP contribution in [0.2, 0.25) is 0 Å². The van der Waals surface area contributed by atoms with Crippen molar-refractivity contribution in [2.75, 3.05) is 13.1 Å². The second-order valence-corrected chi connectivity index (χ2v) is 9.39. The number of rotatable bonds is 8. The number of amides is 1. The number of carbonyl (C=O) groups is 1. The van der Waals surface area contributed by atoms with Crippen molar-refractivity contribution in [1.29, 1.82) is 0 Å². The van der Waals surface area contributed by atoms with Crippen LogP contribution >= 0.6 is 0 Å². The molecule has 1 unspecified atom stereocenters. The van der Waals surface area contributed by atoms with Gasteiger partial charge in [0, 0.05) is 37.6 Å². The Bertz CT molecular complexity index is 1390. The van der Waals surface area contributed by atoms with Crippen LogP contribution < -0.4 is 5.56 Å². The summed E-state index contributed by atoms with van der Waals surface area (Å²) in [6, 6.07) is 2.84. The van der Waals surface area contributed by atoms with E-state index in [2.05, 4.69) is 9.97 Å². The Morgan fingerprint density at radius 1 is 1.11 bits per heavy atom. The highest BCUT2D eigenvalue weighted by Crippen LogP contribution is 2.30. The first-order valence-corrected chi connectivity index (χ1v) is 12.5. The van der Waals surface area contributed by atoms with Crippen LogP contribution in [-0.4, -0.2) is 43.5 Å². The first kappa shape index (κ1) is 27.3. The molecule has 2 aromatic heterocycles. The van der Waals surface area contributed by atoms with Gasteiger partial charge in [0.15, 0.2) is 5.56 Å². The number of hydrogen-bond donors (Lipinski definition) is 1. The van der Waals surface area contributed by atoms with E-state index in [1.54, 1.807) is 6.92 Å². The number of aryl methyl sites for hydroxylation is 1. The normalized spacial score (nSPS) is 16.2. The Hall–Kier alpha value is -3.76. The monoisotopic (exact) mass is 532 g/mol. The molecule has 0 bridgehead atoms. The molecule has 7 nitrogen and oxygen atoms in total. The van der Waals surface area contributed by atoms with Crippen molar-refractivity contribution < 1.29 is 27.5 Å². The van der Waals surface area contributed by atoms with Crippen LogP contribution in [0, 0.1) is 23.3 Å². The van der Waals surface area contributed by atoms with Crippen molar-refractivity contribution >= 4 is 5.91 Å². The third-order valence-corrected chi connectivity index (χ3v) is 6.80. The maximum Gasteiger partial charge on any atom is 0.270 e. The molecule has 0 spiro atoms. The zero-order valence-corrected chi connectivity index (χ0v) is 21.1. The van der Waals surface area contributed by atoms with Crippen molar-refractivity contribution in [3.8, 4) is 5.88 Å². The number of hydrogen-bond acceptors (Lipinski definition) is 5. The van der Waals surface area contributed by atoms with E-state index in [9.17, 15) is 32.3 Å². The Morgan fingerprint density at radius 2 is 1.82 bits per heavy atom. The Kier molecular flexibility index (Phi) is 8.13. The van der Waals surface area contributed by atoms with Crippen LogP contribution in [0.5, 0.6) is 5.88 Å². The maximum absolute atomic E-state index is 14.3. The van der Waals surface area contributed by atoms with E-state index in [-0.39, 0.29) is 36.6 Å². The smallest absolute Gasteiger partial charge is 0.270 e. The van der Waals surface area contributed by atoms with Gasteiger partial charge in [0.2, 0.25) is 5.88 Å². The molecule has 38 heavy (non-hydrogen) atoms. The summed E-state index contributed by atoms with van der Waals surface area (Å²) in [5, 5.41) is 10.7. The quantitative estimate of drug-likeness (QED) is 0.418. The molecule has 1 N–H and O–H groups in total. The average Bonchev–Trinajstić information content (AvgIpc) is 3.34. The van der Waals surface area contributed by atoms with Crippen molar-refractivity contribution in [2.45, 2.75) is 57.9 Å². The lowest BCUT2D eigenvalue weighted by molar-refractivity contribution is 0.0783. The van der Waals surface area contributed by atoms with E-state index < -0.39 is 58.1 Å². The highest BCUT2D eigenvalue weighted by molar-refractivity contribution is 5.96. The first-order chi connectivity index (χ1) is 18.1. The number of unbranched alkanes of at least 4 members (excludes halogenated alkanes) is 1. The number of likely N-dealkylation sites (tertiary alicyclic amines) is 1. The van der Waals surface area contributed by atoms with Gasteiger partial charge in [-0.15, -0.1) is 0 Å². The van der Waals surface area contributed by atoms with Gasteiger partial charge in [-0.1, -0.05) is 20.3 Å². The van der Waals surface area contributed by atoms with Gasteiger partial charge in [-0.2, -0.15) is 4.98 Å². The van der Waals surface area contributed by atoms with Crippen molar-refractivity contribution in [1.82, 2.24) is 19.4 Å². The third kappa shape index (κ3) is 5.41. The van der Waals surface area contributed by atoms with Gasteiger partial charge in [0.1, 0.15) is 29.1 Å². The molecule has 0 aliphatic carbocycles. The lowest BCUT2D eigenvalue weighted by atomic mass is 10.0. The molecule has 0 radical (unpaired) electrons. The van der Waals surface area contributed by atoms with Gasteiger partial charge >= 0.3 is 0 Å². The summed E-state index contributed by atoms with van der Waals surface area (Å²) in [7, 11) is 0. The summed E-state index contributed by atoms with van der Waals surface area (Å²) in [6.45, 7) is 3.80. The SMILES string of the molecule is CCCCc1nc(O)c(C(=O)N2CCC(c3ncc(F)cc3F)C2)c(=O)n1[C@@H](CC)c1cc(F)cc(F)c1. The highest BCUT2D eigenvalue weighted by atomic mass is 19.1. The summed E-state index contributed by atoms with van der Waals surface area (Å²) in [5.74, 6) is -5.15. The molecule has 1 aromatic carbocycles. The summed E-state index contributed by atoms with van der Waals surface area (Å²) in [6.07, 6.45) is 3.14. The van der Waals surface area contributed by atoms with E-state index in [4.69, 9.17) is 0 Å². The molecule has 3 heterocycles. The summed E-state index contributed by atoms with van der Waals surface area (Å²) >= 11 is 0. The molecule has 0 saturated carbocycles. The molecular weight excluding hydrogens is 504 g/mol. The third-order valence-electron chi connectivity index (χ3n) is 6.80. The standard InChI is InChI=1S/C27H28F4N4O3/c1-3-5-6-22-33-25(36)23(27(38)35(22)21(4-2)16-9-17(28)11-18(29)10-16)26(37)34-8-7-15(14-34)24-20(31)12-19(30)13-32-24/h9-13,15,21,36H,3-8,14H2,1-2H3/t15?,21-/m0/s1. The average molecular weight is 533 g/mol. The van der Waals surface area contributed by atoms with Crippen molar-refractivity contribution in [3.63, 3.8) is 0 Å². The summed E-state index contributed by atoms with van der Waals surface area (Å²) in [5.41, 5.74) is -1.21. The van der Waals surface area contributed by atoms with E-state index in [0.717, 1.165) is 36.9 Å². The van der Waals surface area contributed by atoms with Crippen LogP contribution in [0.25, 0.3) is 0 Å². The van der Waals surface area contributed by atoms with Gasteiger partial charge in [0.25, 0.3) is 11.5 Å². The first-order valence-electron chi connectivity index (χ1n) is 12.5. The number of benzene rings is 1. The topological polar surface area (TPSA) is 88.3 Å². The molecule has 1 aliphatic rings. The Morgan fingerprint density at radius 3 is 2.45 bits per heavy atom. The van der Waals surface area contributed by atoms with Gasteiger partial charge in [-0.3, -0.25) is 19.1 Å². The van der Waals surface area contributed by atoms with Crippen LogP contribution in [0.1, 0.15) is 78.9 Å². The number of nitrogens with zero attached hydrogens (tertiary/aromatic N) is 4. The van der Waals surface area contributed by atoms with Gasteiger partial charge in [-0.05, 0) is 37.0 Å². The van der Waals surface area contributed by atoms with Crippen LogP contribution in [0.3, 0.4) is 0 Å². The molecule has 1 aliphatic heterocycles. The van der Waals surface area contributed by atoms with Gasteiger partial charge < -0.3 is 10.0 Å². The largest absolute Gasteiger partial charge is 0.493 e. The van der Waals surface area contributed by atoms with E-state index in [1.165, 1.54) is 9.47 Å². The molecule has 1 fully saturated rings. The molecule has 202 valence electrons. The van der Waals surface area contributed by atoms with Crippen LogP contribution in [-0.2, 0) is 6.42 Å². The maximum atomic E-state index is 14.3. The predicted octanol–water partition coefficient (Wildman–Crippen LogP) is 4.87. The zero-order chi connectivity index (χ0) is 27.6. The number of halogens is 4. The van der Waals surface area contributed by atoms with E-state index in [0.29, 0.717) is 19.3 Å². The van der Waals surface area contributed by atoms with E-state index >= 15 is 0 Å². The Labute approximate surface area is 216 Å². The summed E-state index contributed by atoms with van der Waals surface area (Å²) in [4.78, 5) is 36.5. The van der Waals surface area contributed by atoms with Crippen LogP contribution in [0.4, 0.5) is 17.6 Å².